The highest BCUT2D eigenvalue weighted by Crippen LogP contribution is 2.27. The lowest BCUT2D eigenvalue weighted by molar-refractivity contribution is -0.142. The number of aliphatic hydroxyl groups excluding tert-OH is 1. The third kappa shape index (κ3) is 8.30. The standard InChI is InChI=1S/C37H52N6O6/c1-26-23-28(24-27(2)34(26)45)25-33(35(46)41-12-8-30(9-13-41)40-19-17-39(18-20-40)21-22-44)49-37(48)42-14-10-31(11-15-42)43-16-7-29-5-3-4-6-32(29)38-36(43)47/h3-6,23-24,30-31,33,44-45H,7-22,25H2,1-2H3,(H,38,47). The lowest BCUT2D eigenvalue weighted by atomic mass is 9.98. The number of aryl methyl sites for hydroxylation is 2. The zero-order chi connectivity index (χ0) is 34.5. The average Bonchev–Trinajstić information content (AvgIpc) is 3.28. The number of para-hydroxylation sites is 1. The first-order valence-electron chi connectivity index (χ1n) is 18.0. The van der Waals surface area contributed by atoms with Crippen molar-refractivity contribution in [2.24, 2.45) is 0 Å². The van der Waals surface area contributed by atoms with E-state index < -0.39 is 12.2 Å². The largest absolute Gasteiger partial charge is 0.507 e. The van der Waals surface area contributed by atoms with Crippen molar-refractivity contribution in [3.05, 3.63) is 58.7 Å². The van der Waals surface area contributed by atoms with Gasteiger partial charge in [-0.1, -0.05) is 30.3 Å². The third-order valence-electron chi connectivity index (χ3n) is 10.9. The van der Waals surface area contributed by atoms with Gasteiger partial charge in [-0.15, -0.1) is 0 Å². The fourth-order valence-corrected chi connectivity index (χ4v) is 8.00. The van der Waals surface area contributed by atoms with Crippen molar-refractivity contribution in [3.8, 4) is 5.75 Å². The molecule has 6 rings (SSSR count). The van der Waals surface area contributed by atoms with Crippen LogP contribution >= 0.6 is 0 Å². The molecular weight excluding hydrogens is 624 g/mol. The van der Waals surface area contributed by atoms with Crippen LogP contribution in [-0.4, -0.2) is 143 Å². The fourth-order valence-electron chi connectivity index (χ4n) is 8.00. The van der Waals surface area contributed by atoms with E-state index in [4.69, 9.17) is 4.74 Å². The molecule has 1 unspecified atom stereocenters. The second kappa shape index (κ2) is 15.8. The lowest BCUT2D eigenvalue weighted by Gasteiger charge is -2.43. The number of hydrogen-bond donors (Lipinski definition) is 3. The maximum absolute atomic E-state index is 14.1. The normalized spacial score (nSPS) is 20.8. The number of fused-ring (bicyclic) bond motifs is 1. The van der Waals surface area contributed by atoms with E-state index >= 15 is 0 Å². The molecule has 4 heterocycles. The summed E-state index contributed by atoms with van der Waals surface area (Å²) in [4.78, 5) is 51.0. The Morgan fingerprint density at radius 2 is 1.51 bits per heavy atom. The maximum atomic E-state index is 14.1. The van der Waals surface area contributed by atoms with Crippen molar-refractivity contribution in [2.75, 3.05) is 77.4 Å². The second-order valence-corrected chi connectivity index (χ2v) is 14.1. The molecule has 4 aliphatic heterocycles. The van der Waals surface area contributed by atoms with E-state index in [-0.39, 0.29) is 36.8 Å². The maximum Gasteiger partial charge on any atom is 0.410 e. The van der Waals surface area contributed by atoms with E-state index in [1.165, 1.54) is 0 Å². The van der Waals surface area contributed by atoms with Gasteiger partial charge in [0.1, 0.15) is 5.75 Å². The number of nitrogens with one attached hydrogen (secondary N) is 1. The van der Waals surface area contributed by atoms with Gasteiger partial charge in [-0.2, -0.15) is 0 Å². The summed E-state index contributed by atoms with van der Waals surface area (Å²) in [6, 6.07) is 11.9. The molecule has 0 bridgehead atoms. The van der Waals surface area contributed by atoms with E-state index in [2.05, 4.69) is 15.1 Å². The van der Waals surface area contributed by atoms with Gasteiger partial charge >= 0.3 is 12.1 Å². The summed E-state index contributed by atoms with van der Waals surface area (Å²) in [6.07, 6.45) is 2.51. The van der Waals surface area contributed by atoms with Crippen LogP contribution in [0.2, 0.25) is 0 Å². The number of carbonyl (C=O) groups excluding carboxylic acids is 3. The molecule has 4 aliphatic rings. The van der Waals surface area contributed by atoms with E-state index in [0.29, 0.717) is 58.2 Å². The van der Waals surface area contributed by atoms with Crippen LogP contribution in [0.15, 0.2) is 36.4 Å². The SMILES string of the molecule is Cc1cc(CC(OC(=O)N2CCC(N3CCc4ccccc4NC3=O)CC2)C(=O)N2CCC(N3CCN(CCO)CC3)CC2)cc(C)c1O. The van der Waals surface area contributed by atoms with Crippen molar-refractivity contribution in [1.29, 1.82) is 0 Å². The van der Waals surface area contributed by atoms with Crippen LogP contribution < -0.4 is 5.32 Å². The molecule has 12 nitrogen and oxygen atoms in total. The zero-order valence-corrected chi connectivity index (χ0v) is 29.0. The predicted octanol–water partition coefficient (Wildman–Crippen LogP) is 3.21. The number of hydrogen-bond acceptors (Lipinski definition) is 8. The molecule has 0 aliphatic carbocycles. The van der Waals surface area contributed by atoms with Crippen LogP contribution in [0.1, 0.15) is 47.9 Å². The number of aliphatic hydroxyl groups is 1. The van der Waals surface area contributed by atoms with Crippen LogP contribution in [-0.2, 0) is 22.4 Å². The van der Waals surface area contributed by atoms with Crippen LogP contribution in [0, 0.1) is 13.8 Å². The van der Waals surface area contributed by atoms with E-state index in [0.717, 1.165) is 73.4 Å². The number of benzene rings is 2. The number of phenols is 1. The Balaban J connectivity index is 1.07. The van der Waals surface area contributed by atoms with Crippen LogP contribution in [0.3, 0.4) is 0 Å². The van der Waals surface area contributed by atoms with Gasteiger partial charge in [0.15, 0.2) is 6.10 Å². The van der Waals surface area contributed by atoms with E-state index in [9.17, 15) is 24.6 Å². The predicted molar refractivity (Wildman–Crippen MR) is 187 cm³/mol. The smallest absolute Gasteiger partial charge is 0.410 e. The topological polar surface area (TPSA) is 129 Å². The van der Waals surface area contributed by atoms with Gasteiger partial charge in [-0.25, -0.2) is 9.59 Å². The molecule has 49 heavy (non-hydrogen) atoms. The molecule has 2 aromatic carbocycles. The van der Waals surface area contributed by atoms with Gasteiger partial charge in [0.05, 0.1) is 6.61 Å². The quantitative estimate of drug-likeness (QED) is 0.389. The highest BCUT2D eigenvalue weighted by atomic mass is 16.6. The van der Waals surface area contributed by atoms with Gasteiger partial charge in [0.2, 0.25) is 0 Å². The van der Waals surface area contributed by atoms with E-state index in [1.54, 1.807) is 4.90 Å². The summed E-state index contributed by atoms with van der Waals surface area (Å²) in [6.45, 7) is 11.1. The van der Waals surface area contributed by atoms with Crippen LogP contribution in [0.25, 0.3) is 0 Å². The van der Waals surface area contributed by atoms with Crippen LogP contribution in [0.5, 0.6) is 5.75 Å². The first-order valence-corrected chi connectivity index (χ1v) is 18.0. The molecule has 3 N–H and O–H groups in total. The van der Waals surface area contributed by atoms with Crippen molar-refractivity contribution >= 4 is 23.7 Å². The van der Waals surface area contributed by atoms with Crippen molar-refractivity contribution in [2.45, 2.75) is 70.6 Å². The van der Waals surface area contributed by atoms with Crippen molar-refractivity contribution < 1.29 is 29.3 Å². The lowest BCUT2D eigenvalue weighted by Crippen LogP contribution is -2.55. The first-order chi connectivity index (χ1) is 23.7. The number of phenolic OH excluding ortho intramolecular Hbond substituents is 1. The number of rotatable bonds is 8. The number of anilines is 1. The number of piperidine rings is 2. The number of piperazine rings is 1. The average molecular weight is 677 g/mol. The molecule has 1 atom stereocenters. The minimum atomic E-state index is -0.984. The third-order valence-corrected chi connectivity index (χ3v) is 10.9. The minimum Gasteiger partial charge on any atom is -0.507 e. The first kappa shape index (κ1) is 35.0. The zero-order valence-electron chi connectivity index (χ0n) is 29.0. The summed E-state index contributed by atoms with van der Waals surface area (Å²) in [7, 11) is 0. The molecule has 12 heteroatoms. The van der Waals surface area contributed by atoms with Crippen LogP contribution in [0.4, 0.5) is 15.3 Å². The number of amides is 4. The molecule has 4 amide bonds. The Morgan fingerprint density at radius 1 is 0.878 bits per heavy atom. The summed E-state index contributed by atoms with van der Waals surface area (Å²) in [5, 5.41) is 22.7. The Morgan fingerprint density at radius 3 is 2.18 bits per heavy atom. The number of carbonyl (C=O) groups is 3. The van der Waals surface area contributed by atoms with Crippen molar-refractivity contribution in [1.82, 2.24) is 24.5 Å². The monoisotopic (exact) mass is 676 g/mol. The summed E-state index contributed by atoms with van der Waals surface area (Å²) in [5.41, 5.74) is 4.24. The molecule has 266 valence electrons. The highest BCUT2D eigenvalue weighted by Gasteiger charge is 2.36. The fraction of sp³-hybridized carbons (Fsp3) is 0.595. The number of likely N-dealkylation sites (tertiary alicyclic amines) is 2. The Labute approximate surface area is 289 Å². The highest BCUT2D eigenvalue weighted by molar-refractivity contribution is 5.91. The molecule has 3 saturated heterocycles. The van der Waals surface area contributed by atoms with Gasteiger partial charge < -0.3 is 35.0 Å². The van der Waals surface area contributed by atoms with Crippen molar-refractivity contribution in [3.63, 3.8) is 0 Å². The molecular formula is C37H52N6O6. The van der Waals surface area contributed by atoms with E-state index in [1.807, 2.05) is 60.0 Å². The van der Waals surface area contributed by atoms with Gasteiger partial charge in [0.25, 0.3) is 5.91 Å². The molecule has 0 saturated carbocycles. The number of aromatic hydroxyl groups is 1. The van der Waals surface area contributed by atoms with Gasteiger partial charge in [0, 0.05) is 89.6 Å². The number of ether oxygens (including phenoxy) is 1. The molecule has 3 fully saturated rings. The summed E-state index contributed by atoms with van der Waals surface area (Å²) >= 11 is 0. The summed E-state index contributed by atoms with van der Waals surface area (Å²) in [5.74, 6) is 0.0476. The number of β-amino-alcohol motifs (C(OH)–C–C–N with tert-alkyl or cyclic N) is 1. The molecule has 2 aromatic rings. The number of nitrogens with zero attached hydrogens (tertiary/aromatic N) is 5. The van der Waals surface area contributed by atoms with Gasteiger partial charge in [-0.05, 0) is 74.3 Å². The molecule has 0 radical (unpaired) electrons. The Hall–Kier alpha value is -3.87. The second-order valence-electron chi connectivity index (χ2n) is 14.1. The number of urea groups is 1. The summed E-state index contributed by atoms with van der Waals surface area (Å²) < 4.78 is 6.07. The Bertz CT molecular complexity index is 1460. The molecule has 0 aromatic heterocycles. The Kier molecular flexibility index (Phi) is 11.3. The minimum absolute atomic E-state index is 0.0117. The molecule has 0 spiro atoms. The van der Waals surface area contributed by atoms with Gasteiger partial charge in [-0.3, -0.25) is 14.6 Å².